The molecule has 0 saturated heterocycles. The zero-order valence-electron chi connectivity index (χ0n) is 8.77. The van der Waals surface area contributed by atoms with Gasteiger partial charge in [0.15, 0.2) is 0 Å². The Morgan fingerprint density at radius 1 is 1.27 bits per heavy atom. The molecule has 0 nitrogen and oxygen atoms in total. The molecule has 0 spiro atoms. The highest BCUT2D eigenvalue weighted by atomic mass is 79.9. The van der Waals surface area contributed by atoms with Crippen LogP contribution >= 0.6 is 31.9 Å². The van der Waals surface area contributed by atoms with E-state index in [9.17, 15) is 4.39 Å². The van der Waals surface area contributed by atoms with Gasteiger partial charge >= 0.3 is 0 Å². The average molecular weight is 338 g/mol. The summed E-state index contributed by atoms with van der Waals surface area (Å²) in [6.45, 7) is 2.17. The third kappa shape index (κ3) is 5.12. The number of rotatable bonds is 5. The molecule has 0 aromatic heterocycles. The van der Waals surface area contributed by atoms with Gasteiger partial charge in [0.25, 0.3) is 0 Å². The summed E-state index contributed by atoms with van der Waals surface area (Å²) >= 11 is 6.93. The van der Waals surface area contributed by atoms with Gasteiger partial charge in [0.05, 0.1) is 0 Å². The molecule has 0 aliphatic heterocycles. The molecule has 84 valence electrons. The Bertz CT molecular complexity index is 292. The normalized spacial score (nSPS) is 12.8. The number of alkyl halides is 1. The van der Waals surface area contributed by atoms with E-state index in [-0.39, 0.29) is 5.82 Å². The molecule has 1 rings (SSSR count). The van der Waals surface area contributed by atoms with Crippen molar-refractivity contribution in [3.05, 3.63) is 34.1 Å². The average Bonchev–Trinajstić information content (AvgIpc) is 2.14. The maximum atomic E-state index is 13.1. The van der Waals surface area contributed by atoms with E-state index in [2.05, 4.69) is 38.8 Å². The summed E-state index contributed by atoms with van der Waals surface area (Å²) in [4.78, 5) is 0.546. The second-order valence-electron chi connectivity index (χ2n) is 3.70. The van der Waals surface area contributed by atoms with E-state index in [1.165, 1.54) is 18.9 Å². The quantitative estimate of drug-likeness (QED) is 0.657. The summed E-state index contributed by atoms with van der Waals surface area (Å²) in [5, 5.41) is 0. The smallest absolute Gasteiger partial charge is 0.124 e. The van der Waals surface area contributed by atoms with Gasteiger partial charge in [0, 0.05) is 9.30 Å². The summed E-state index contributed by atoms with van der Waals surface area (Å²) in [7, 11) is 0. The summed E-state index contributed by atoms with van der Waals surface area (Å²) in [6, 6.07) is 5.08. The SMILES string of the molecule is CCCC(Br)CCc1cc(F)cc(Br)c1. The summed E-state index contributed by atoms with van der Waals surface area (Å²) < 4.78 is 13.9. The monoisotopic (exact) mass is 336 g/mol. The first kappa shape index (κ1) is 13.2. The van der Waals surface area contributed by atoms with Crippen LogP contribution in [0, 0.1) is 5.82 Å². The fraction of sp³-hybridized carbons (Fsp3) is 0.500. The van der Waals surface area contributed by atoms with Crippen LogP contribution in [0.25, 0.3) is 0 Å². The minimum absolute atomic E-state index is 0.166. The van der Waals surface area contributed by atoms with E-state index in [4.69, 9.17) is 0 Å². The molecule has 0 amide bonds. The van der Waals surface area contributed by atoms with Crippen molar-refractivity contribution in [1.82, 2.24) is 0 Å². The molecule has 1 aromatic carbocycles. The molecule has 3 heteroatoms. The highest BCUT2D eigenvalue weighted by Gasteiger charge is 2.04. The number of halogens is 3. The minimum atomic E-state index is -0.166. The maximum Gasteiger partial charge on any atom is 0.124 e. The molecule has 15 heavy (non-hydrogen) atoms. The second-order valence-corrected chi connectivity index (χ2v) is 5.91. The number of benzene rings is 1. The lowest BCUT2D eigenvalue weighted by atomic mass is 10.1. The summed E-state index contributed by atoms with van der Waals surface area (Å²) in [6.07, 6.45) is 4.34. The van der Waals surface area contributed by atoms with E-state index in [0.29, 0.717) is 4.83 Å². The van der Waals surface area contributed by atoms with E-state index < -0.39 is 0 Å². The van der Waals surface area contributed by atoms with E-state index in [0.717, 1.165) is 22.9 Å². The highest BCUT2D eigenvalue weighted by Crippen LogP contribution is 2.19. The third-order valence-electron chi connectivity index (χ3n) is 2.27. The fourth-order valence-electron chi connectivity index (χ4n) is 1.54. The molecule has 1 unspecified atom stereocenters. The van der Waals surface area contributed by atoms with Gasteiger partial charge in [-0.2, -0.15) is 0 Å². The zero-order chi connectivity index (χ0) is 11.3. The zero-order valence-corrected chi connectivity index (χ0v) is 11.9. The Balaban J connectivity index is 2.50. The van der Waals surface area contributed by atoms with Crippen LogP contribution in [-0.2, 0) is 6.42 Å². The predicted octanol–water partition coefficient (Wildman–Crippen LogP) is 5.08. The van der Waals surface area contributed by atoms with Crippen molar-refractivity contribution in [2.45, 2.75) is 37.4 Å². The van der Waals surface area contributed by atoms with Crippen molar-refractivity contribution < 1.29 is 4.39 Å². The lowest BCUT2D eigenvalue weighted by Crippen LogP contribution is -1.99. The van der Waals surface area contributed by atoms with Gasteiger partial charge in [0.1, 0.15) is 5.82 Å². The van der Waals surface area contributed by atoms with Crippen molar-refractivity contribution in [2.75, 3.05) is 0 Å². The van der Waals surface area contributed by atoms with Crippen molar-refractivity contribution in [3.63, 3.8) is 0 Å². The Kier molecular flexibility index (Phi) is 5.83. The Morgan fingerprint density at radius 2 is 2.00 bits per heavy atom. The number of hydrogen-bond acceptors (Lipinski definition) is 0. The molecule has 0 N–H and O–H groups in total. The van der Waals surface area contributed by atoms with E-state index >= 15 is 0 Å². The van der Waals surface area contributed by atoms with Crippen LogP contribution in [0.3, 0.4) is 0 Å². The molecule has 0 saturated carbocycles. The van der Waals surface area contributed by atoms with Crippen LogP contribution in [0.15, 0.2) is 22.7 Å². The van der Waals surface area contributed by atoms with Crippen LogP contribution in [-0.4, -0.2) is 4.83 Å². The fourth-order valence-corrected chi connectivity index (χ4v) is 2.74. The minimum Gasteiger partial charge on any atom is -0.207 e. The largest absolute Gasteiger partial charge is 0.207 e. The third-order valence-corrected chi connectivity index (χ3v) is 3.64. The highest BCUT2D eigenvalue weighted by molar-refractivity contribution is 9.10. The number of hydrogen-bond donors (Lipinski definition) is 0. The topological polar surface area (TPSA) is 0 Å². The lowest BCUT2D eigenvalue weighted by Gasteiger charge is -2.08. The van der Waals surface area contributed by atoms with Crippen LogP contribution < -0.4 is 0 Å². The second kappa shape index (κ2) is 6.64. The van der Waals surface area contributed by atoms with Gasteiger partial charge in [-0.25, -0.2) is 4.39 Å². The maximum absolute atomic E-state index is 13.1. The molecule has 1 aromatic rings. The van der Waals surface area contributed by atoms with Crippen LogP contribution in [0.2, 0.25) is 0 Å². The van der Waals surface area contributed by atoms with E-state index in [1.807, 2.05) is 6.07 Å². The molecule has 0 aliphatic rings. The molecule has 0 bridgehead atoms. The standard InChI is InChI=1S/C12H15Br2F/c1-2-3-10(13)5-4-9-6-11(14)8-12(15)7-9/h6-8,10H,2-5H2,1H3. The Hall–Kier alpha value is 0.110. The van der Waals surface area contributed by atoms with Crippen LogP contribution in [0.5, 0.6) is 0 Å². The molecular formula is C12H15Br2F. The van der Waals surface area contributed by atoms with Gasteiger partial charge in [-0.1, -0.05) is 45.2 Å². The molecule has 1 atom stereocenters. The molecule has 0 radical (unpaired) electrons. The molecular weight excluding hydrogens is 323 g/mol. The Morgan fingerprint density at radius 3 is 2.60 bits per heavy atom. The molecule has 0 heterocycles. The molecule has 0 fully saturated rings. The van der Waals surface area contributed by atoms with Gasteiger partial charge in [-0.05, 0) is 43.0 Å². The van der Waals surface area contributed by atoms with Crippen molar-refractivity contribution in [3.8, 4) is 0 Å². The Labute approximate surface area is 108 Å². The van der Waals surface area contributed by atoms with Crippen LogP contribution in [0.1, 0.15) is 31.7 Å². The first-order valence-corrected chi connectivity index (χ1v) is 6.91. The lowest BCUT2D eigenvalue weighted by molar-refractivity contribution is 0.622. The van der Waals surface area contributed by atoms with Crippen molar-refractivity contribution in [1.29, 1.82) is 0 Å². The first-order chi connectivity index (χ1) is 7.11. The van der Waals surface area contributed by atoms with Gasteiger partial charge in [0.2, 0.25) is 0 Å². The predicted molar refractivity (Wildman–Crippen MR) is 70.0 cm³/mol. The van der Waals surface area contributed by atoms with Crippen molar-refractivity contribution in [2.24, 2.45) is 0 Å². The first-order valence-electron chi connectivity index (χ1n) is 5.21. The number of aryl methyl sites for hydroxylation is 1. The van der Waals surface area contributed by atoms with Crippen LogP contribution in [0.4, 0.5) is 4.39 Å². The summed E-state index contributed by atoms with van der Waals surface area (Å²) in [5.41, 5.74) is 1.06. The molecule has 0 aliphatic carbocycles. The van der Waals surface area contributed by atoms with E-state index in [1.54, 1.807) is 6.07 Å². The van der Waals surface area contributed by atoms with Gasteiger partial charge < -0.3 is 0 Å². The van der Waals surface area contributed by atoms with Crippen molar-refractivity contribution >= 4 is 31.9 Å². The van der Waals surface area contributed by atoms with Gasteiger partial charge in [-0.15, -0.1) is 0 Å². The summed E-state index contributed by atoms with van der Waals surface area (Å²) in [5.74, 6) is -0.166. The van der Waals surface area contributed by atoms with Gasteiger partial charge in [-0.3, -0.25) is 0 Å².